The monoisotopic (exact) mass is 359 g/mol. The molecule has 3 nitrogen and oxygen atoms in total. The highest BCUT2D eigenvalue weighted by Gasteiger charge is 2.28. The van der Waals surface area contributed by atoms with Crippen LogP contribution >= 0.6 is 0 Å². The molecular formula is C23H22FN3. The number of rotatable bonds is 3. The zero-order valence-electron chi connectivity index (χ0n) is 15.6. The highest BCUT2D eigenvalue weighted by molar-refractivity contribution is 6.03. The molecule has 0 aliphatic heterocycles. The van der Waals surface area contributed by atoms with E-state index in [9.17, 15) is 4.39 Å². The maximum atomic E-state index is 13.6. The van der Waals surface area contributed by atoms with E-state index in [1.54, 1.807) is 12.1 Å². The van der Waals surface area contributed by atoms with Crippen LogP contribution in [0.1, 0.15) is 56.2 Å². The van der Waals surface area contributed by atoms with Crippen molar-refractivity contribution in [2.45, 2.75) is 44.9 Å². The Labute approximate surface area is 157 Å². The van der Waals surface area contributed by atoms with Crippen LogP contribution in [0.2, 0.25) is 0 Å². The summed E-state index contributed by atoms with van der Waals surface area (Å²) >= 11 is 0. The van der Waals surface area contributed by atoms with E-state index < -0.39 is 0 Å². The number of nitrogens with one attached hydrogen (secondary N) is 1. The van der Waals surface area contributed by atoms with Crippen LogP contribution < -0.4 is 0 Å². The quantitative estimate of drug-likeness (QED) is 0.466. The summed E-state index contributed by atoms with van der Waals surface area (Å²) in [5.41, 5.74) is 6.76. The molecule has 4 heteroatoms. The van der Waals surface area contributed by atoms with Gasteiger partial charge in [0.05, 0.1) is 17.2 Å². The Morgan fingerprint density at radius 2 is 1.89 bits per heavy atom. The Hall–Kier alpha value is -2.75. The maximum absolute atomic E-state index is 13.6. The van der Waals surface area contributed by atoms with E-state index in [-0.39, 0.29) is 5.82 Å². The maximum Gasteiger partial charge on any atom is 0.123 e. The normalized spacial score (nSPS) is 15.0. The SMILES string of the molecule is CC(C)c1c(C2CCC2)nc2cc3[nH]ncc3cc2c1-c1ccc(F)cc1. The number of hydrogen-bond acceptors (Lipinski definition) is 2. The Balaban J connectivity index is 1.91. The van der Waals surface area contributed by atoms with Gasteiger partial charge in [0, 0.05) is 22.4 Å². The van der Waals surface area contributed by atoms with Crippen LogP contribution in [0.3, 0.4) is 0 Å². The summed E-state index contributed by atoms with van der Waals surface area (Å²) in [7, 11) is 0. The molecule has 0 unspecified atom stereocenters. The summed E-state index contributed by atoms with van der Waals surface area (Å²) in [4.78, 5) is 5.13. The first-order chi connectivity index (χ1) is 13.1. The smallest absolute Gasteiger partial charge is 0.123 e. The van der Waals surface area contributed by atoms with E-state index in [4.69, 9.17) is 4.98 Å². The van der Waals surface area contributed by atoms with Gasteiger partial charge in [0.15, 0.2) is 0 Å². The van der Waals surface area contributed by atoms with Gasteiger partial charge in [-0.1, -0.05) is 32.4 Å². The number of pyridine rings is 1. The van der Waals surface area contributed by atoms with Crippen molar-refractivity contribution in [2.24, 2.45) is 0 Å². The minimum atomic E-state index is -0.209. The lowest BCUT2D eigenvalue weighted by Gasteiger charge is -2.30. The van der Waals surface area contributed by atoms with Crippen molar-refractivity contribution in [3.63, 3.8) is 0 Å². The Bertz CT molecular complexity index is 1140. The molecule has 0 amide bonds. The van der Waals surface area contributed by atoms with Crippen molar-refractivity contribution in [2.75, 3.05) is 0 Å². The summed E-state index contributed by atoms with van der Waals surface area (Å²) in [6, 6.07) is 11.1. The molecule has 4 aromatic rings. The van der Waals surface area contributed by atoms with Crippen molar-refractivity contribution < 1.29 is 4.39 Å². The minimum Gasteiger partial charge on any atom is -0.278 e. The van der Waals surface area contributed by atoms with Gasteiger partial charge in [-0.05, 0) is 59.7 Å². The zero-order valence-corrected chi connectivity index (χ0v) is 15.6. The zero-order chi connectivity index (χ0) is 18.5. The average Bonchev–Trinajstić information content (AvgIpc) is 3.05. The fourth-order valence-electron chi connectivity index (χ4n) is 4.24. The van der Waals surface area contributed by atoms with E-state index in [0.29, 0.717) is 11.8 Å². The average molecular weight is 359 g/mol. The molecule has 0 radical (unpaired) electrons. The fraction of sp³-hybridized carbons (Fsp3) is 0.304. The molecule has 1 aliphatic carbocycles. The Kier molecular flexibility index (Phi) is 3.74. The Morgan fingerprint density at radius 1 is 1.11 bits per heavy atom. The first kappa shape index (κ1) is 16.4. The van der Waals surface area contributed by atoms with E-state index in [1.807, 2.05) is 18.3 Å². The number of hydrogen-bond donors (Lipinski definition) is 1. The summed E-state index contributed by atoms with van der Waals surface area (Å²) in [5, 5.41) is 9.41. The third-order valence-electron chi connectivity index (χ3n) is 5.81. The lowest BCUT2D eigenvalue weighted by atomic mass is 9.77. The van der Waals surface area contributed by atoms with Crippen LogP contribution in [-0.4, -0.2) is 15.2 Å². The van der Waals surface area contributed by atoms with Crippen LogP contribution in [0.15, 0.2) is 42.6 Å². The van der Waals surface area contributed by atoms with Gasteiger partial charge in [-0.15, -0.1) is 0 Å². The summed E-state index contributed by atoms with van der Waals surface area (Å²) in [6.45, 7) is 4.46. The standard InChI is InChI=1S/C23H22FN3/c1-13(2)21-22(14-6-8-17(24)9-7-14)18-10-16-12-25-27-19(16)11-20(18)26-23(21)15-4-3-5-15/h6-13,15H,3-5H2,1-2H3,(H,25,27). The van der Waals surface area contributed by atoms with Crippen molar-refractivity contribution in [1.29, 1.82) is 0 Å². The summed E-state index contributed by atoms with van der Waals surface area (Å²) in [5.74, 6) is 0.667. The van der Waals surface area contributed by atoms with Crippen molar-refractivity contribution in [3.05, 3.63) is 59.7 Å². The largest absolute Gasteiger partial charge is 0.278 e. The molecule has 2 heterocycles. The third-order valence-corrected chi connectivity index (χ3v) is 5.81. The highest BCUT2D eigenvalue weighted by atomic mass is 19.1. The van der Waals surface area contributed by atoms with Gasteiger partial charge in [-0.3, -0.25) is 10.1 Å². The topological polar surface area (TPSA) is 41.6 Å². The highest BCUT2D eigenvalue weighted by Crippen LogP contribution is 2.45. The van der Waals surface area contributed by atoms with Crippen LogP contribution in [-0.2, 0) is 0 Å². The van der Waals surface area contributed by atoms with Crippen LogP contribution in [0.5, 0.6) is 0 Å². The number of benzene rings is 2. The van der Waals surface area contributed by atoms with Gasteiger partial charge in [0.25, 0.3) is 0 Å². The third kappa shape index (κ3) is 2.62. The van der Waals surface area contributed by atoms with Crippen molar-refractivity contribution in [3.8, 4) is 11.1 Å². The fourth-order valence-corrected chi connectivity index (χ4v) is 4.24. The van der Waals surface area contributed by atoms with E-state index in [1.165, 1.54) is 36.1 Å². The van der Waals surface area contributed by atoms with Gasteiger partial charge < -0.3 is 0 Å². The second kappa shape index (κ2) is 6.15. The number of H-pyrrole nitrogens is 1. The van der Waals surface area contributed by atoms with Crippen LogP contribution in [0.4, 0.5) is 4.39 Å². The summed E-state index contributed by atoms with van der Waals surface area (Å²) < 4.78 is 13.6. The van der Waals surface area contributed by atoms with Crippen molar-refractivity contribution >= 4 is 21.8 Å². The van der Waals surface area contributed by atoms with E-state index >= 15 is 0 Å². The molecule has 2 aromatic carbocycles. The molecule has 0 atom stereocenters. The van der Waals surface area contributed by atoms with Gasteiger partial charge in [-0.2, -0.15) is 5.10 Å². The first-order valence-corrected chi connectivity index (χ1v) is 9.68. The predicted octanol–water partition coefficient (Wildman–Crippen LogP) is 6.31. The molecule has 1 saturated carbocycles. The van der Waals surface area contributed by atoms with Crippen LogP contribution in [0.25, 0.3) is 32.9 Å². The molecule has 1 N–H and O–H groups in total. The number of aromatic amines is 1. The molecule has 136 valence electrons. The molecule has 1 fully saturated rings. The Morgan fingerprint density at radius 3 is 2.56 bits per heavy atom. The molecular weight excluding hydrogens is 337 g/mol. The molecule has 2 aromatic heterocycles. The number of nitrogens with zero attached hydrogens (tertiary/aromatic N) is 2. The number of aromatic nitrogens is 3. The second-order valence-corrected chi connectivity index (χ2v) is 7.90. The van der Waals surface area contributed by atoms with E-state index in [2.05, 4.69) is 36.2 Å². The van der Waals surface area contributed by atoms with Crippen molar-refractivity contribution in [1.82, 2.24) is 15.2 Å². The predicted molar refractivity (Wildman–Crippen MR) is 107 cm³/mol. The van der Waals surface area contributed by atoms with Gasteiger partial charge in [0.1, 0.15) is 5.82 Å². The molecule has 27 heavy (non-hydrogen) atoms. The van der Waals surface area contributed by atoms with Gasteiger partial charge in [0.2, 0.25) is 0 Å². The number of fused-ring (bicyclic) bond motifs is 2. The second-order valence-electron chi connectivity index (χ2n) is 7.90. The van der Waals surface area contributed by atoms with Crippen LogP contribution in [0, 0.1) is 5.82 Å². The molecule has 0 saturated heterocycles. The molecule has 5 rings (SSSR count). The molecule has 1 aliphatic rings. The first-order valence-electron chi connectivity index (χ1n) is 9.68. The molecule has 0 bridgehead atoms. The molecule has 0 spiro atoms. The van der Waals surface area contributed by atoms with E-state index in [0.717, 1.165) is 27.4 Å². The summed E-state index contributed by atoms with van der Waals surface area (Å²) in [6.07, 6.45) is 5.52. The minimum absolute atomic E-state index is 0.209. The lowest BCUT2D eigenvalue weighted by Crippen LogP contribution is -2.15. The van der Waals surface area contributed by atoms with Gasteiger partial charge >= 0.3 is 0 Å². The van der Waals surface area contributed by atoms with Gasteiger partial charge in [-0.25, -0.2) is 4.39 Å². The number of halogens is 1. The lowest BCUT2D eigenvalue weighted by molar-refractivity contribution is 0.408.